The van der Waals surface area contributed by atoms with Crippen LogP contribution in [0.3, 0.4) is 0 Å². The molecule has 0 radical (unpaired) electrons. The van der Waals surface area contributed by atoms with E-state index in [1.54, 1.807) is 0 Å². The molecule has 0 aromatic carbocycles. The van der Waals surface area contributed by atoms with Crippen molar-refractivity contribution in [2.45, 2.75) is 186 Å². The van der Waals surface area contributed by atoms with E-state index < -0.39 is 222 Å². The van der Waals surface area contributed by atoms with Gasteiger partial charge in [-0.1, -0.05) is 0 Å². The first kappa shape index (κ1) is 58.8. The average Bonchev–Trinajstić information content (AvgIpc) is 3.31. The minimum absolute atomic E-state index is 0.788. The number of aliphatic carboxylic acids is 1. The maximum absolute atomic E-state index is 13.0. The van der Waals surface area contributed by atoms with Crippen molar-refractivity contribution in [3.05, 3.63) is 0 Å². The molecule has 5 heterocycles. The van der Waals surface area contributed by atoms with Gasteiger partial charge in [-0.15, -0.1) is 0 Å². The molecule has 5 aliphatic rings. The van der Waals surface area contributed by atoms with Crippen LogP contribution in [0.2, 0.25) is 0 Å². The number of carboxylic acid groups (broad SMARTS) is 1. The zero-order valence-corrected chi connectivity index (χ0v) is 38.1. The Labute approximate surface area is 402 Å². The SMILES string of the molecule is CC(=O)N[C@H]1[C@H](OC[C@H]2OC(O)[C@H](NC(C)=O)[C@@H](O[C@@H]3O[C@H](CO)[C@H](O)[C@H](O[C@]4(C(=O)O)C[C@H](O)[C@@H](NC(C)=O)[C@H]([C@H](O)[C@H](O)CO)O4)[C@H]3O)[C@H]2O)O[C@H](CO)[C@@H](O[C@@H]2O[C@H](CO)[C@H](O)[C@H](O)[C@H]2O)[C@@H]1O. The molecule has 5 rings (SSSR count). The minimum Gasteiger partial charge on any atom is -0.477 e. The van der Waals surface area contributed by atoms with E-state index in [-0.39, 0.29) is 0 Å². The van der Waals surface area contributed by atoms with Gasteiger partial charge in [0.2, 0.25) is 17.7 Å². The third-order valence-electron chi connectivity index (χ3n) is 12.5. The summed E-state index contributed by atoms with van der Waals surface area (Å²) in [5, 5.41) is 177. The largest absolute Gasteiger partial charge is 0.477 e. The number of nitrogens with one attached hydrogen (secondary N) is 3. The van der Waals surface area contributed by atoms with Gasteiger partial charge in [-0.05, 0) is 0 Å². The Bertz CT molecular complexity index is 1770. The van der Waals surface area contributed by atoms with Crippen molar-refractivity contribution in [1.82, 2.24) is 16.0 Å². The van der Waals surface area contributed by atoms with Crippen LogP contribution in [0, 0.1) is 0 Å². The van der Waals surface area contributed by atoms with E-state index in [9.17, 15) is 101 Å². The van der Waals surface area contributed by atoms with Crippen molar-refractivity contribution in [2.75, 3.05) is 33.0 Å². The molecule has 32 heteroatoms. The fourth-order valence-corrected chi connectivity index (χ4v) is 8.84. The van der Waals surface area contributed by atoms with Gasteiger partial charge < -0.3 is 140 Å². The number of rotatable bonds is 19. The lowest BCUT2D eigenvalue weighted by Gasteiger charge is -2.51. The molecule has 5 aliphatic heterocycles. The van der Waals surface area contributed by atoms with Gasteiger partial charge in [0.25, 0.3) is 5.79 Å². The maximum atomic E-state index is 13.0. The Morgan fingerprint density at radius 3 is 1.63 bits per heavy atom. The molecule has 5 fully saturated rings. The molecule has 0 spiro atoms. The normalized spacial score (nSPS) is 45.0. The van der Waals surface area contributed by atoms with Crippen molar-refractivity contribution in [3.8, 4) is 0 Å². The Hall–Kier alpha value is -3.08. The molecule has 0 bridgehead atoms. The van der Waals surface area contributed by atoms with Crippen LogP contribution in [0.15, 0.2) is 0 Å². The monoisotopic (exact) mass is 1040 g/mol. The van der Waals surface area contributed by atoms with Crippen molar-refractivity contribution in [2.24, 2.45) is 0 Å². The smallest absolute Gasteiger partial charge is 0.364 e. The lowest BCUT2D eigenvalue weighted by Crippen LogP contribution is -2.71. The van der Waals surface area contributed by atoms with Gasteiger partial charge in [0.1, 0.15) is 116 Å². The third-order valence-corrected chi connectivity index (χ3v) is 12.5. The quantitative estimate of drug-likeness (QED) is 0.0571. The van der Waals surface area contributed by atoms with Gasteiger partial charge in [-0.2, -0.15) is 0 Å². The molecule has 3 amide bonds. The highest BCUT2D eigenvalue weighted by Crippen LogP contribution is 2.39. The molecule has 0 aromatic heterocycles. The van der Waals surface area contributed by atoms with E-state index in [4.69, 9.17) is 42.6 Å². The van der Waals surface area contributed by atoms with Crippen LogP contribution in [0.4, 0.5) is 0 Å². The lowest BCUT2D eigenvalue weighted by atomic mass is 9.88. The van der Waals surface area contributed by atoms with Crippen LogP contribution in [0.25, 0.3) is 0 Å². The second-order valence-electron chi connectivity index (χ2n) is 17.6. The second kappa shape index (κ2) is 25.0. The number of carbonyl (C=O) groups is 4. The summed E-state index contributed by atoms with van der Waals surface area (Å²) in [6, 6.07) is -5.04. The predicted molar refractivity (Wildman–Crippen MR) is 219 cm³/mol. The molecule has 0 saturated carbocycles. The van der Waals surface area contributed by atoms with Crippen LogP contribution in [-0.4, -0.2) is 297 Å². The lowest BCUT2D eigenvalue weighted by molar-refractivity contribution is -0.381. The average molecular weight is 1040 g/mol. The molecule has 5 saturated heterocycles. The standard InChI is InChI=1S/C39H65N3O29/c1-10(47)40-19-13(50)4-39(38(61)62,70-32(19)22(52)14(51)5-43)71-33-24(54)16(7-45)66-37(29(33)59)69-31-21(42-12(3)49)34(60)64-18(25(31)55)9-63-35-20(41-11(2)48)26(56)30(17(8-46)67-35)68-36-28(58)27(57)23(53)15(6-44)65-36/h13-37,43-46,50-60H,4-9H2,1-3H3,(H,40,47)(H,41,48)(H,42,49)(H,61,62)/t13-,14+,15+,16+,17+,18+,19+,20+,21+,22+,23-,24-,25-,26+,27-,28+,29+,30+,31+,32+,33-,34?,35+,36-,37-,39-/m0/s1. The minimum atomic E-state index is -3.18. The summed E-state index contributed by atoms with van der Waals surface area (Å²) in [4.78, 5) is 49.7. The van der Waals surface area contributed by atoms with Gasteiger partial charge >= 0.3 is 5.97 Å². The Balaban J connectivity index is 1.39. The van der Waals surface area contributed by atoms with E-state index in [1.165, 1.54) is 0 Å². The zero-order chi connectivity index (χ0) is 53.0. The van der Waals surface area contributed by atoms with E-state index in [0.29, 0.717) is 0 Å². The molecule has 1 unspecified atom stereocenters. The van der Waals surface area contributed by atoms with Crippen LogP contribution >= 0.6 is 0 Å². The Morgan fingerprint density at radius 2 is 1.08 bits per heavy atom. The maximum Gasteiger partial charge on any atom is 0.364 e. The first-order valence-corrected chi connectivity index (χ1v) is 22.2. The van der Waals surface area contributed by atoms with Gasteiger partial charge in [0, 0.05) is 27.2 Å². The van der Waals surface area contributed by atoms with Crippen LogP contribution < -0.4 is 16.0 Å². The summed E-state index contributed by atoms with van der Waals surface area (Å²) in [7, 11) is 0. The fourth-order valence-electron chi connectivity index (χ4n) is 8.84. The van der Waals surface area contributed by atoms with E-state index >= 15 is 0 Å². The summed E-state index contributed by atoms with van der Waals surface area (Å²) in [6.07, 6.45) is -44.2. The van der Waals surface area contributed by atoms with Gasteiger partial charge in [-0.25, -0.2) is 4.79 Å². The van der Waals surface area contributed by atoms with E-state index in [1.807, 2.05) is 0 Å². The van der Waals surface area contributed by atoms with Crippen molar-refractivity contribution >= 4 is 23.7 Å². The first-order chi connectivity index (χ1) is 33.3. The number of carbonyl (C=O) groups excluding carboxylic acids is 3. The summed E-state index contributed by atoms with van der Waals surface area (Å²) < 4.78 is 50.9. The number of amides is 3. The number of hydrogen-bond donors (Lipinski definition) is 19. The van der Waals surface area contributed by atoms with Crippen LogP contribution in [0.1, 0.15) is 27.2 Å². The molecule has 26 atom stereocenters. The molecular weight excluding hydrogens is 974 g/mol. The topological polar surface area (TPSA) is 511 Å². The molecule has 0 aliphatic carbocycles. The van der Waals surface area contributed by atoms with Gasteiger partial charge in [-0.3, -0.25) is 14.4 Å². The number of hydrogen-bond acceptors (Lipinski definition) is 28. The molecular formula is C39H65N3O29. The summed E-state index contributed by atoms with van der Waals surface area (Å²) >= 11 is 0. The first-order valence-electron chi connectivity index (χ1n) is 22.2. The Morgan fingerprint density at radius 1 is 0.577 bits per heavy atom. The molecule has 410 valence electrons. The second-order valence-corrected chi connectivity index (χ2v) is 17.6. The number of aliphatic hydroxyl groups is 15. The number of aliphatic hydroxyl groups excluding tert-OH is 15. The predicted octanol–water partition coefficient (Wildman–Crippen LogP) is -12.3. The van der Waals surface area contributed by atoms with Crippen LogP contribution in [-0.2, 0) is 61.8 Å². The number of carboxylic acids is 1. The zero-order valence-electron chi connectivity index (χ0n) is 38.1. The molecule has 0 aromatic rings. The highest BCUT2D eigenvalue weighted by Gasteiger charge is 2.61. The van der Waals surface area contributed by atoms with Crippen LogP contribution in [0.5, 0.6) is 0 Å². The van der Waals surface area contributed by atoms with Crippen molar-refractivity contribution in [1.29, 1.82) is 0 Å². The van der Waals surface area contributed by atoms with E-state index in [0.717, 1.165) is 20.8 Å². The summed E-state index contributed by atoms with van der Waals surface area (Å²) in [5.74, 6) is -7.69. The third kappa shape index (κ3) is 13.1. The fraction of sp³-hybridized carbons (Fsp3) is 0.897. The molecule has 32 nitrogen and oxygen atoms in total. The molecule has 19 N–H and O–H groups in total. The van der Waals surface area contributed by atoms with Crippen molar-refractivity contribution in [3.63, 3.8) is 0 Å². The highest BCUT2D eigenvalue weighted by molar-refractivity contribution is 5.77. The van der Waals surface area contributed by atoms with Gasteiger partial charge in [0.15, 0.2) is 25.2 Å². The Kier molecular flexibility index (Phi) is 20.7. The highest BCUT2D eigenvalue weighted by atomic mass is 16.8. The van der Waals surface area contributed by atoms with Crippen molar-refractivity contribution < 1.29 is 144 Å². The number of ether oxygens (including phenoxy) is 9. The summed E-state index contributed by atoms with van der Waals surface area (Å²) in [6.45, 7) is -1.88. The molecule has 71 heavy (non-hydrogen) atoms. The summed E-state index contributed by atoms with van der Waals surface area (Å²) in [5.41, 5.74) is 0. The van der Waals surface area contributed by atoms with Gasteiger partial charge in [0.05, 0.1) is 45.2 Å². The van der Waals surface area contributed by atoms with E-state index in [2.05, 4.69) is 16.0 Å².